The minimum Gasteiger partial charge on any atom is -0.331 e. The molecule has 1 aliphatic rings. The van der Waals surface area contributed by atoms with E-state index in [9.17, 15) is 14.4 Å². The molecule has 0 aliphatic carbocycles. The number of hydrogen-bond acceptors (Lipinski definition) is 6. The van der Waals surface area contributed by atoms with E-state index in [0.29, 0.717) is 40.7 Å². The molecule has 0 spiro atoms. The molecule has 2 amide bonds. The summed E-state index contributed by atoms with van der Waals surface area (Å²) in [6.07, 6.45) is 3.05. The number of carbonyl (C=O) groups excluding carboxylic acids is 2. The maximum Gasteiger partial charge on any atom is 0.348 e. The number of benzene rings is 1. The van der Waals surface area contributed by atoms with Gasteiger partial charge in [0.15, 0.2) is 5.82 Å². The SMILES string of the molecule is Cc1cc(C)n(CC(=O)N2CCC[C@@H]2c2ncc(C(=O)Nc3ccccc3)c(C)n2)c(=O)n1. The zero-order valence-corrected chi connectivity index (χ0v) is 18.9. The van der Waals surface area contributed by atoms with Crippen molar-refractivity contribution < 1.29 is 9.59 Å². The highest BCUT2D eigenvalue weighted by atomic mass is 16.2. The van der Waals surface area contributed by atoms with Gasteiger partial charge in [-0.15, -0.1) is 0 Å². The average Bonchev–Trinajstić information content (AvgIpc) is 3.27. The third kappa shape index (κ3) is 4.82. The average molecular weight is 447 g/mol. The van der Waals surface area contributed by atoms with E-state index < -0.39 is 5.69 Å². The Hall–Kier alpha value is -3.88. The number of hydrogen-bond donors (Lipinski definition) is 1. The summed E-state index contributed by atoms with van der Waals surface area (Å²) in [7, 11) is 0. The number of para-hydroxylation sites is 1. The molecular formula is C24H26N6O3. The molecule has 1 aromatic carbocycles. The van der Waals surface area contributed by atoms with Crippen molar-refractivity contribution in [2.45, 2.75) is 46.2 Å². The number of anilines is 1. The Bertz CT molecular complexity index is 1250. The highest BCUT2D eigenvalue weighted by molar-refractivity contribution is 6.04. The molecule has 3 heterocycles. The van der Waals surface area contributed by atoms with Gasteiger partial charge in [0.1, 0.15) is 6.54 Å². The molecule has 33 heavy (non-hydrogen) atoms. The second kappa shape index (κ2) is 9.32. The Labute approximate surface area is 191 Å². The van der Waals surface area contributed by atoms with Crippen LogP contribution in [0.15, 0.2) is 47.4 Å². The van der Waals surface area contributed by atoms with Gasteiger partial charge in [-0.1, -0.05) is 18.2 Å². The highest BCUT2D eigenvalue weighted by Gasteiger charge is 2.32. The number of carbonyl (C=O) groups is 2. The van der Waals surface area contributed by atoms with Crippen LogP contribution >= 0.6 is 0 Å². The minimum atomic E-state index is -0.433. The van der Waals surface area contributed by atoms with Crippen LogP contribution in [0, 0.1) is 20.8 Å². The molecule has 9 heteroatoms. The first-order valence-corrected chi connectivity index (χ1v) is 10.9. The van der Waals surface area contributed by atoms with E-state index in [1.54, 1.807) is 43.9 Å². The summed E-state index contributed by atoms with van der Waals surface area (Å²) in [5.74, 6) is 0.0348. The van der Waals surface area contributed by atoms with E-state index in [-0.39, 0.29) is 24.4 Å². The lowest BCUT2D eigenvalue weighted by Gasteiger charge is -2.24. The number of aromatic nitrogens is 4. The van der Waals surface area contributed by atoms with Crippen LogP contribution in [0.2, 0.25) is 0 Å². The number of amides is 2. The number of nitrogens with one attached hydrogen (secondary N) is 1. The Morgan fingerprint density at radius 2 is 1.88 bits per heavy atom. The van der Waals surface area contributed by atoms with Crippen molar-refractivity contribution in [1.82, 2.24) is 24.4 Å². The molecule has 1 N–H and O–H groups in total. The van der Waals surface area contributed by atoms with Crippen LogP contribution in [0.4, 0.5) is 5.69 Å². The summed E-state index contributed by atoms with van der Waals surface area (Å²) < 4.78 is 1.38. The first kappa shape index (κ1) is 22.3. The summed E-state index contributed by atoms with van der Waals surface area (Å²) in [6, 6.07) is 10.7. The van der Waals surface area contributed by atoms with Gasteiger partial charge in [0.05, 0.1) is 17.3 Å². The first-order valence-electron chi connectivity index (χ1n) is 10.9. The fourth-order valence-electron chi connectivity index (χ4n) is 4.12. The molecule has 2 aromatic heterocycles. The molecule has 4 rings (SSSR count). The van der Waals surface area contributed by atoms with Crippen molar-refractivity contribution in [2.75, 3.05) is 11.9 Å². The number of aryl methyl sites for hydroxylation is 3. The maximum absolute atomic E-state index is 13.1. The third-order valence-corrected chi connectivity index (χ3v) is 5.79. The Morgan fingerprint density at radius 1 is 1.12 bits per heavy atom. The smallest absolute Gasteiger partial charge is 0.331 e. The molecule has 0 saturated carbocycles. The second-order valence-corrected chi connectivity index (χ2v) is 8.20. The topological polar surface area (TPSA) is 110 Å². The molecule has 9 nitrogen and oxygen atoms in total. The highest BCUT2D eigenvalue weighted by Crippen LogP contribution is 2.30. The van der Waals surface area contributed by atoms with Crippen LogP contribution in [-0.4, -0.2) is 42.8 Å². The Kier molecular flexibility index (Phi) is 6.30. The fraction of sp³-hybridized carbons (Fsp3) is 0.333. The van der Waals surface area contributed by atoms with Crippen LogP contribution < -0.4 is 11.0 Å². The lowest BCUT2D eigenvalue weighted by atomic mass is 10.1. The van der Waals surface area contributed by atoms with Gasteiger partial charge >= 0.3 is 5.69 Å². The van der Waals surface area contributed by atoms with Crippen molar-refractivity contribution in [3.8, 4) is 0 Å². The van der Waals surface area contributed by atoms with Crippen molar-refractivity contribution in [2.24, 2.45) is 0 Å². The number of likely N-dealkylation sites (tertiary alicyclic amines) is 1. The molecule has 1 fully saturated rings. The summed E-state index contributed by atoms with van der Waals surface area (Å²) in [5, 5.41) is 2.84. The predicted molar refractivity (Wildman–Crippen MR) is 123 cm³/mol. The van der Waals surface area contributed by atoms with E-state index in [4.69, 9.17) is 0 Å². The van der Waals surface area contributed by atoms with Gasteiger partial charge in [0, 0.05) is 29.8 Å². The monoisotopic (exact) mass is 446 g/mol. The van der Waals surface area contributed by atoms with E-state index in [1.807, 2.05) is 18.2 Å². The molecule has 1 saturated heterocycles. The standard InChI is InChI=1S/C24H26N6O3/c1-15-12-16(2)30(24(33)26-15)14-21(31)29-11-7-10-20(29)22-25-13-19(17(3)27-22)23(32)28-18-8-5-4-6-9-18/h4-6,8-9,12-13,20H,7,10-11,14H2,1-3H3,(H,28,32)/t20-/m1/s1. The van der Waals surface area contributed by atoms with E-state index in [1.165, 1.54) is 10.8 Å². The van der Waals surface area contributed by atoms with Gasteiger partial charge in [0.25, 0.3) is 5.91 Å². The lowest BCUT2D eigenvalue weighted by Crippen LogP contribution is -2.38. The minimum absolute atomic E-state index is 0.0784. The van der Waals surface area contributed by atoms with Crippen LogP contribution in [0.5, 0.6) is 0 Å². The van der Waals surface area contributed by atoms with Crippen molar-refractivity contribution in [1.29, 1.82) is 0 Å². The molecule has 0 unspecified atom stereocenters. The van der Waals surface area contributed by atoms with Gasteiger partial charge < -0.3 is 10.2 Å². The molecule has 1 aliphatic heterocycles. The number of nitrogens with zero attached hydrogens (tertiary/aromatic N) is 5. The van der Waals surface area contributed by atoms with E-state index in [2.05, 4.69) is 20.3 Å². The first-order chi connectivity index (χ1) is 15.8. The van der Waals surface area contributed by atoms with Gasteiger partial charge in [-0.2, -0.15) is 4.98 Å². The van der Waals surface area contributed by atoms with Gasteiger partial charge in [-0.05, 0) is 51.8 Å². The lowest BCUT2D eigenvalue weighted by molar-refractivity contribution is -0.133. The molecule has 0 radical (unpaired) electrons. The third-order valence-electron chi connectivity index (χ3n) is 5.79. The Morgan fingerprint density at radius 3 is 2.58 bits per heavy atom. The van der Waals surface area contributed by atoms with Crippen LogP contribution in [0.1, 0.15) is 52.1 Å². The van der Waals surface area contributed by atoms with Gasteiger partial charge in [-0.25, -0.2) is 14.8 Å². The molecular weight excluding hydrogens is 420 g/mol. The zero-order valence-electron chi connectivity index (χ0n) is 18.9. The molecule has 1 atom stereocenters. The van der Waals surface area contributed by atoms with Crippen LogP contribution in [-0.2, 0) is 11.3 Å². The van der Waals surface area contributed by atoms with Crippen LogP contribution in [0.25, 0.3) is 0 Å². The number of rotatable bonds is 5. The van der Waals surface area contributed by atoms with Gasteiger partial charge in [0.2, 0.25) is 5.91 Å². The Balaban J connectivity index is 1.51. The van der Waals surface area contributed by atoms with Crippen molar-refractivity contribution >= 4 is 17.5 Å². The van der Waals surface area contributed by atoms with E-state index in [0.717, 1.165) is 12.8 Å². The van der Waals surface area contributed by atoms with E-state index >= 15 is 0 Å². The molecule has 170 valence electrons. The van der Waals surface area contributed by atoms with Crippen molar-refractivity contribution in [3.63, 3.8) is 0 Å². The quantitative estimate of drug-likeness (QED) is 0.645. The summed E-state index contributed by atoms with van der Waals surface area (Å²) in [5.41, 5.74) is 2.50. The normalized spacial score (nSPS) is 15.5. The second-order valence-electron chi connectivity index (χ2n) is 8.20. The fourth-order valence-corrected chi connectivity index (χ4v) is 4.12. The maximum atomic E-state index is 13.1. The van der Waals surface area contributed by atoms with Crippen molar-refractivity contribution in [3.05, 3.63) is 81.5 Å². The molecule has 0 bridgehead atoms. The molecule has 3 aromatic rings. The summed E-state index contributed by atoms with van der Waals surface area (Å²) >= 11 is 0. The summed E-state index contributed by atoms with van der Waals surface area (Å²) in [6.45, 7) is 5.78. The van der Waals surface area contributed by atoms with Crippen LogP contribution in [0.3, 0.4) is 0 Å². The largest absolute Gasteiger partial charge is 0.348 e. The predicted octanol–water partition coefficient (Wildman–Crippen LogP) is 2.57. The zero-order chi connectivity index (χ0) is 23.5. The van der Waals surface area contributed by atoms with Gasteiger partial charge in [-0.3, -0.25) is 14.2 Å². The summed E-state index contributed by atoms with van der Waals surface area (Å²) in [4.78, 5) is 52.6.